The molecule has 0 aliphatic rings. The molecule has 2 aromatic rings. The third kappa shape index (κ3) is 2.85. The molecule has 0 atom stereocenters. The molecule has 0 spiro atoms. The van der Waals surface area contributed by atoms with Gasteiger partial charge in [-0.3, -0.25) is 9.78 Å². The minimum atomic E-state index is -0.485. The summed E-state index contributed by atoms with van der Waals surface area (Å²) in [5.41, 5.74) is 2.37. The summed E-state index contributed by atoms with van der Waals surface area (Å²) >= 11 is 0. The number of benzene rings is 1. The molecule has 0 aliphatic heterocycles. The predicted octanol–water partition coefficient (Wildman–Crippen LogP) is 3.27. The van der Waals surface area contributed by atoms with E-state index in [0.717, 1.165) is 5.69 Å². The molecule has 2 rings (SSSR count). The van der Waals surface area contributed by atoms with Gasteiger partial charge in [-0.15, -0.1) is 0 Å². The molecule has 3 nitrogen and oxygen atoms in total. The quantitative estimate of drug-likeness (QED) is 0.802. The molecule has 20 heavy (non-hydrogen) atoms. The zero-order chi connectivity index (χ0) is 14.7. The first-order valence-electron chi connectivity index (χ1n) is 6.31. The molecule has 0 amide bonds. The van der Waals surface area contributed by atoms with Crippen LogP contribution in [0.3, 0.4) is 0 Å². The Morgan fingerprint density at radius 1 is 1.25 bits per heavy atom. The van der Waals surface area contributed by atoms with Crippen molar-refractivity contribution in [3.8, 4) is 5.75 Å². The second kappa shape index (κ2) is 5.82. The molecule has 4 heteroatoms. The lowest BCUT2D eigenvalue weighted by Crippen LogP contribution is -2.09. The van der Waals surface area contributed by atoms with Gasteiger partial charge in [0.1, 0.15) is 0 Å². The number of pyridine rings is 1. The highest BCUT2D eigenvalue weighted by Crippen LogP contribution is 2.21. The van der Waals surface area contributed by atoms with Crippen molar-refractivity contribution in [2.75, 3.05) is 7.11 Å². The van der Waals surface area contributed by atoms with Crippen LogP contribution < -0.4 is 4.74 Å². The van der Waals surface area contributed by atoms with Gasteiger partial charge < -0.3 is 4.74 Å². The lowest BCUT2D eigenvalue weighted by Gasteiger charge is -2.08. The number of Topliss-reactive ketones (excluding diaryl/α,β-unsaturated/α-hetero) is 1. The average molecular weight is 273 g/mol. The molecule has 1 aromatic heterocycles. The molecular weight excluding hydrogens is 257 g/mol. The van der Waals surface area contributed by atoms with Crippen LogP contribution >= 0.6 is 0 Å². The molecule has 0 saturated heterocycles. The molecule has 0 bridgehead atoms. The van der Waals surface area contributed by atoms with Gasteiger partial charge in [-0.2, -0.15) is 0 Å². The maximum absolute atomic E-state index is 14.0. The number of halogens is 1. The number of ether oxygens (including phenoxy) is 1. The van der Waals surface area contributed by atoms with E-state index in [0.29, 0.717) is 16.8 Å². The van der Waals surface area contributed by atoms with Gasteiger partial charge in [-0.1, -0.05) is 12.1 Å². The van der Waals surface area contributed by atoms with E-state index in [-0.39, 0.29) is 18.0 Å². The van der Waals surface area contributed by atoms with Gasteiger partial charge in [0.25, 0.3) is 0 Å². The van der Waals surface area contributed by atoms with E-state index in [1.165, 1.54) is 13.2 Å². The molecule has 104 valence electrons. The lowest BCUT2D eigenvalue weighted by atomic mass is 10.0. The average Bonchev–Trinajstić information content (AvgIpc) is 2.41. The molecule has 0 radical (unpaired) electrons. The number of ketones is 1. The standard InChI is InChI=1S/C16H16FNO2/c1-10-7-8-13(11(2)18-10)14(19)9-12-5-4-6-15(20-3)16(12)17/h4-8H,9H2,1-3H3. The normalized spacial score (nSPS) is 10.4. The van der Waals surface area contributed by atoms with Gasteiger partial charge in [0, 0.05) is 23.4 Å². The van der Waals surface area contributed by atoms with Crippen LogP contribution in [-0.2, 0) is 6.42 Å². The van der Waals surface area contributed by atoms with Crippen LogP contribution in [0.4, 0.5) is 4.39 Å². The lowest BCUT2D eigenvalue weighted by molar-refractivity contribution is 0.0990. The summed E-state index contributed by atoms with van der Waals surface area (Å²) in [6.45, 7) is 3.64. The number of aryl methyl sites for hydroxylation is 2. The zero-order valence-corrected chi connectivity index (χ0v) is 11.7. The number of hydrogen-bond acceptors (Lipinski definition) is 3. The number of carbonyl (C=O) groups is 1. The van der Waals surface area contributed by atoms with Crippen molar-refractivity contribution in [2.45, 2.75) is 20.3 Å². The summed E-state index contributed by atoms with van der Waals surface area (Å²) < 4.78 is 18.9. The predicted molar refractivity (Wildman–Crippen MR) is 74.7 cm³/mol. The van der Waals surface area contributed by atoms with Crippen molar-refractivity contribution in [3.63, 3.8) is 0 Å². The van der Waals surface area contributed by atoms with Crippen LogP contribution in [-0.4, -0.2) is 17.9 Å². The largest absolute Gasteiger partial charge is 0.494 e. The van der Waals surface area contributed by atoms with E-state index in [9.17, 15) is 9.18 Å². The van der Waals surface area contributed by atoms with E-state index in [2.05, 4.69) is 4.98 Å². The highest BCUT2D eigenvalue weighted by Gasteiger charge is 2.15. The van der Waals surface area contributed by atoms with Crippen LogP contribution in [0.5, 0.6) is 5.75 Å². The first kappa shape index (κ1) is 14.2. The number of methoxy groups -OCH3 is 1. The first-order valence-corrected chi connectivity index (χ1v) is 6.31. The fourth-order valence-corrected chi connectivity index (χ4v) is 2.10. The van der Waals surface area contributed by atoms with E-state index in [1.807, 2.05) is 6.92 Å². The van der Waals surface area contributed by atoms with Crippen molar-refractivity contribution >= 4 is 5.78 Å². The highest BCUT2D eigenvalue weighted by molar-refractivity contribution is 5.98. The van der Waals surface area contributed by atoms with E-state index in [4.69, 9.17) is 4.74 Å². The molecular formula is C16H16FNO2. The molecule has 0 saturated carbocycles. The van der Waals surface area contributed by atoms with Crippen molar-refractivity contribution < 1.29 is 13.9 Å². The monoisotopic (exact) mass is 273 g/mol. The van der Waals surface area contributed by atoms with E-state index >= 15 is 0 Å². The minimum absolute atomic E-state index is 0.00534. The summed E-state index contributed by atoms with van der Waals surface area (Å²) in [7, 11) is 1.40. The van der Waals surface area contributed by atoms with Crippen molar-refractivity contribution in [1.29, 1.82) is 0 Å². The van der Waals surface area contributed by atoms with Gasteiger partial charge in [0.05, 0.1) is 7.11 Å². The Morgan fingerprint density at radius 2 is 2.00 bits per heavy atom. The smallest absolute Gasteiger partial charge is 0.169 e. The zero-order valence-electron chi connectivity index (χ0n) is 11.7. The van der Waals surface area contributed by atoms with Gasteiger partial charge in [-0.05, 0) is 37.6 Å². The van der Waals surface area contributed by atoms with Crippen LogP contribution in [0.1, 0.15) is 27.3 Å². The van der Waals surface area contributed by atoms with Gasteiger partial charge in [0.2, 0.25) is 0 Å². The Morgan fingerprint density at radius 3 is 2.65 bits per heavy atom. The number of aromatic nitrogens is 1. The molecule has 1 heterocycles. The highest BCUT2D eigenvalue weighted by atomic mass is 19.1. The van der Waals surface area contributed by atoms with E-state index in [1.54, 1.807) is 31.2 Å². The Balaban J connectivity index is 2.28. The fraction of sp³-hybridized carbons (Fsp3) is 0.250. The number of rotatable bonds is 4. The van der Waals surface area contributed by atoms with Crippen molar-refractivity contribution in [2.24, 2.45) is 0 Å². The van der Waals surface area contributed by atoms with Gasteiger partial charge in [-0.25, -0.2) is 4.39 Å². The van der Waals surface area contributed by atoms with Crippen LogP contribution in [0.15, 0.2) is 30.3 Å². The third-order valence-electron chi connectivity index (χ3n) is 3.14. The number of nitrogens with zero attached hydrogens (tertiary/aromatic N) is 1. The molecule has 1 aromatic carbocycles. The molecule has 0 aliphatic carbocycles. The topological polar surface area (TPSA) is 39.2 Å². The second-order valence-electron chi connectivity index (χ2n) is 4.62. The summed E-state index contributed by atoms with van der Waals surface area (Å²) in [6, 6.07) is 8.31. The van der Waals surface area contributed by atoms with Crippen LogP contribution in [0.2, 0.25) is 0 Å². The minimum Gasteiger partial charge on any atom is -0.494 e. The van der Waals surface area contributed by atoms with Gasteiger partial charge >= 0.3 is 0 Å². The fourth-order valence-electron chi connectivity index (χ4n) is 2.10. The Bertz CT molecular complexity index is 653. The molecule has 0 N–H and O–H groups in total. The SMILES string of the molecule is COc1cccc(CC(=O)c2ccc(C)nc2C)c1F. The Labute approximate surface area is 117 Å². The Hall–Kier alpha value is -2.23. The summed E-state index contributed by atoms with van der Waals surface area (Å²) in [6.07, 6.45) is -0.00534. The van der Waals surface area contributed by atoms with Gasteiger partial charge in [0.15, 0.2) is 17.3 Å². The number of hydrogen-bond donors (Lipinski definition) is 0. The summed E-state index contributed by atoms with van der Waals surface area (Å²) in [5, 5.41) is 0. The first-order chi connectivity index (χ1) is 9.52. The van der Waals surface area contributed by atoms with E-state index < -0.39 is 5.82 Å². The Kier molecular flexibility index (Phi) is 4.13. The van der Waals surface area contributed by atoms with Crippen LogP contribution in [0, 0.1) is 19.7 Å². The summed E-state index contributed by atoms with van der Waals surface area (Å²) in [4.78, 5) is 16.5. The maximum atomic E-state index is 14.0. The maximum Gasteiger partial charge on any atom is 0.169 e. The second-order valence-corrected chi connectivity index (χ2v) is 4.62. The number of carbonyl (C=O) groups excluding carboxylic acids is 1. The molecule has 0 unspecified atom stereocenters. The summed E-state index contributed by atoms with van der Waals surface area (Å²) in [5.74, 6) is -0.489. The third-order valence-corrected chi connectivity index (χ3v) is 3.14. The molecule has 0 fully saturated rings. The van der Waals surface area contributed by atoms with Crippen molar-refractivity contribution in [1.82, 2.24) is 4.98 Å². The van der Waals surface area contributed by atoms with Crippen molar-refractivity contribution in [3.05, 3.63) is 58.7 Å². The van der Waals surface area contributed by atoms with Crippen LogP contribution in [0.25, 0.3) is 0 Å².